The molecule has 122 valence electrons. The summed E-state index contributed by atoms with van der Waals surface area (Å²) in [5.74, 6) is -1.82. The highest BCUT2D eigenvalue weighted by molar-refractivity contribution is 5.94. The minimum atomic E-state index is -1.17. The minimum absolute atomic E-state index is 0.0118. The fraction of sp³-hybridized carbons (Fsp3) is 0.267. The van der Waals surface area contributed by atoms with Crippen molar-refractivity contribution in [2.24, 2.45) is 0 Å². The molecule has 0 fully saturated rings. The number of carboxylic acid groups (broad SMARTS) is 1. The van der Waals surface area contributed by atoms with Gasteiger partial charge in [-0.2, -0.15) is 0 Å². The van der Waals surface area contributed by atoms with Crippen molar-refractivity contribution < 1.29 is 28.3 Å². The number of hydrogen-bond donors (Lipinski definition) is 1. The van der Waals surface area contributed by atoms with Crippen LogP contribution < -0.4 is 0 Å². The maximum Gasteiger partial charge on any atom is 0.323 e. The van der Waals surface area contributed by atoms with E-state index in [0.717, 1.165) is 4.90 Å². The lowest BCUT2D eigenvalue weighted by Crippen LogP contribution is -2.35. The van der Waals surface area contributed by atoms with Crippen LogP contribution in [0.3, 0.4) is 0 Å². The zero-order chi connectivity index (χ0) is 16.8. The van der Waals surface area contributed by atoms with E-state index < -0.39 is 24.2 Å². The molecule has 0 saturated carbocycles. The molecule has 0 bridgehead atoms. The standard InChI is InChI=1S/C15H15FN2O5/c1-22-9-12-6-13(17-23-12)15(21)18(8-14(19)20)7-10-2-4-11(16)5-3-10/h2-6H,7-9H2,1H3,(H,19,20). The van der Waals surface area contributed by atoms with Gasteiger partial charge >= 0.3 is 5.97 Å². The Morgan fingerprint density at radius 1 is 1.35 bits per heavy atom. The number of amides is 1. The summed E-state index contributed by atoms with van der Waals surface area (Å²) in [4.78, 5) is 24.5. The molecule has 2 aromatic rings. The zero-order valence-corrected chi connectivity index (χ0v) is 12.4. The largest absolute Gasteiger partial charge is 0.480 e. The van der Waals surface area contributed by atoms with Crippen molar-refractivity contribution in [2.45, 2.75) is 13.2 Å². The second kappa shape index (κ2) is 7.50. The van der Waals surface area contributed by atoms with Crippen LogP contribution in [-0.2, 0) is 22.7 Å². The van der Waals surface area contributed by atoms with Crippen molar-refractivity contribution >= 4 is 11.9 Å². The molecule has 7 nitrogen and oxygen atoms in total. The zero-order valence-electron chi connectivity index (χ0n) is 12.4. The average molecular weight is 322 g/mol. The molecule has 0 aliphatic heterocycles. The summed E-state index contributed by atoms with van der Waals surface area (Å²) in [5.41, 5.74) is 0.585. The van der Waals surface area contributed by atoms with Gasteiger partial charge in [0.05, 0.1) is 0 Å². The number of aliphatic carboxylic acids is 1. The molecule has 0 radical (unpaired) electrons. The van der Waals surface area contributed by atoms with Crippen molar-refractivity contribution in [1.82, 2.24) is 10.1 Å². The highest BCUT2D eigenvalue weighted by Gasteiger charge is 2.22. The van der Waals surface area contributed by atoms with Crippen molar-refractivity contribution in [3.05, 3.63) is 53.2 Å². The lowest BCUT2D eigenvalue weighted by molar-refractivity contribution is -0.137. The lowest BCUT2D eigenvalue weighted by atomic mass is 10.2. The average Bonchev–Trinajstić information content (AvgIpc) is 2.96. The smallest absolute Gasteiger partial charge is 0.323 e. The fourth-order valence-corrected chi connectivity index (χ4v) is 1.96. The van der Waals surface area contributed by atoms with Crippen molar-refractivity contribution in [1.29, 1.82) is 0 Å². The summed E-state index contributed by atoms with van der Waals surface area (Å²) in [6, 6.07) is 6.84. The molecule has 1 amide bonds. The number of rotatable bonds is 7. The molecule has 0 aliphatic carbocycles. The molecule has 2 rings (SSSR count). The molecule has 0 aliphatic rings. The third-order valence-electron chi connectivity index (χ3n) is 2.96. The minimum Gasteiger partial charge on any atom is -0.480 e. The van der Waals surface area contributed by atoms with E-state index >= 15 is 0 Å². The molecular weight excluding hydrogens is 307 g/mol. The Labute approximate surface area is 131 Å². The van der Waals surface area contributed by atoms with Crippen LogP contribution in [0.4, 0.5) is 4.39 Å². The first-order valence-electron chi connectivity index (χ1n) is 6.69. The first-order chi connectivity index (χ1) is 11.0. The van der Waals surface area contributed by atoms with E-state index in [4.69, 9.17) is 14.4 Å². The Kier molecular flexibility index (Phi) is 5.42. The number of aromatic nitrogens is 1. The van der Waals surface area contributed by atoms with Gasteiger partial charge in [-0.15, -0.1) is 0 Å². The maximum absolute atomic E-state index is 12.9. The summed E-state index contributed by atoms with van der Waals surface area (Å²) in [6.07, 6.45) is 0. The van der Waals surface area contributed by atoms with Crippen LogP contribution >= 0.6 is 0 Å². The predicted molar refractivity (Wildman–Crippen MR) is 76.0 cm³/mol. The van der Waals surface area contributed by atoms with Gasteiger partial charge in [0, 0.05) is 19.7 Å². The van der Waals surface area contributed by atoms with Gasteiger partial charge in [-0.1, -0.05) is 17.3 Å². The van der Waals surface area contributed by atoms with Crippen molar-refractivity contribution in [3.8, 4) is 0 Å². The van der Waals surface area contributed by atoms with Gasteiger partial charge in [0.1, 0.15) is 19.0 Å². The van der Waals surface area contributed by atoms with E-state index in [2.05, 4.69) is 5.16 Å². The van der Waals surface area contributed by atoms with Gasteiger partial charge in [-0.25, -0.2) is 4.39 Å². The molecule has 1 N–H and O–H groups in total. The number of benzene rings is 1. The molecule has 1 heterocycles. The van der Waals surface area contributed by atoms with Crippen LogP contribution in [0, 0.1) is 5.82 Å². The number of nitrogens with zero attached hydrogens (tertiary/aromatic N) is 2. The van der Waals surface area contributed by atoms with E-state index in [9.17, 15) is 14.0 Å². The highest BCUT2D eigenvalue weighted by atomic mass is 19.1. The Morgan fingerprint density at radius 3 is 2.65 bits per heavy atom. The second-order valence-corrected chi connectivity index (χ2v) is 4.79. The van der Waals surface area contributed by atoms with E-state index in [1.807, 2.05) is 0 Å². The number of carbonyl (C=O) groups is 2. The Morgan fingerprint density at radius 2 is 2.04 bits per heavy atom. The van der Waals surface area contributed by atoms with Crippen LogP contribution in [0.25, 0.3) is 0 Å². The second-order valence-electron chi connectivity index (χ2n) is 4.79. The van der Waals surface area contributed by atoms with Gasteiger partial charge in [-0.3, -0.25) is 9.59 Å². The van der Waals surface area contributed by atoms with Crippen LogP contribution in [0.1, 0.15) is 21.8 Å². The molecule has 1 aromatic carbocycles. The summed E-state index contributed by atoms with van der Waals surface area (Å²) in [5, 5.41) is 12.6. The topological polar surface area (TPSA) is 92.9 Å². The van der Waals surface area contributed by atoms with Crippen LogP contribution in [-0.4, -0.2) is 40.7 Å². The number of methoxy groups -OCH3 is 1. The van der Waals surface area contributed by atoms with Crippen molar-refractivity contribution in [3.63, 3.8) is 0 Å². The van der Waals surface area contributed by atoms with Gasteiger partial charge < -0.3 is 19.3 Å². The lowest BCUT2D eigenvalue weighted by Gasteiger charge is -2.19. The summed E-state index contributed by atoms with van der Waals surface area (Å²) < 4.78 is 22.7. The monoisotopic (exact) mass is 322 g/mol. The van der Waals surface area contributed by atoms with Crippen LogP contribution in [0.2, 0.25) is 0 Å². The SMILES string of the molecule is COCc1cc(C(=O)N(CC(=O)O)Cc2ccc(F)cc2)no1. The molecule has 23 heavy (non-hydrogen) atoms. The van der Waals surface area contributed by atoms with Crippen molar-refractivity contribution in [2.75, 3.05) is 13.7 Å². The van der Waals surface area contributed by atoms with E-state index in [1.165, 1.54) is 37.4 Å². The first kappa shape index (κ1) is 16.6. The summed E-state index contributed by atoms with van der Waals surface area (Å²) >= 11 is 0. The van der Waals surface area contributed by atoms with E-state index in [0.29, 0.717) is 11.3 Å². The Bertz CT molecular complexity index is 683. The Balaban J connectivity index is 2.17. The van der Waals surface area contributed by atoms with Gasteiger partial charge in [0.15, 0.2) is 11.5 Å². The molecule has 0 atom stereocenters. The van der Waals surface area contributed by atoms with E-state index in [1.54, 1.807) is 0 Å². The van der Waals surface area contributed by atoms with E-state index in [-0.39, 0.29) is 18.8 Å². The quantitative estimate of drug-likeness (QED) is 0.834. The number of hydrogen-bond acceptors (Lipinski definition) is 5. The maximum atomic E-state index is 12.9. The predicted octanol–water partition coefficient (Wildman–Crippen LogP) is 1.69. The normalized spacial score (nSPS) is 10.5. The van der Waals surface area contributed by atoms with Gasteiger partial charge in [-0.05, 0) is 17.7 Å². The van der Waals surface area contributed by atoms with Crippen LogP contribution in [0.5, 0.6) is 0 Å². The third-order valence-corrected chi connectivity index (χ3v) is 2.96. The van der Waals surface area contributed by atoms with Crippen LogP contribution in [0.15, 0.2) is 34.9 Å². The molecule has 0 spiro atoms. The number of halogens is 1. The molecule has 1 aromatic heterocycles. The third kappa shape index (κ3) is 4.62. The fourth-order valence-electron chi connectivity index (χ4n) is 1.96. The number of carboxylic acids is 1. The Hall–Kier alpha value is -2.74. The molecule has 8 heteroatoms. The summed E-state index contributed by atoms with van der Waals surface area (Å²) in [7, 11) is 1.47. The number of ether oxygens (including phenoxy) is 1. The first-order valence-corrected chi connectivity index (χ1v) is 6.69. The molecule has 0 saturated heterocycles. The number of carbonyl (C=O) groups excluding carboxylic acids is 1. The van der Waals surface area contributed by atoms with Gasteiger partial charge in [0.25, 0.3) is 5.91 Å². The molecule has 0 unspecified atom stereocenters. The molecular formula is C15H15FN2O5. The van der Waals surface area contributed by atoms with Gasteiger partial charge in [0.2, 0.25) is 0 Å². The summed E-state index contributed by atoms with van der Waals surface area (Å²) in [6.45, 7) is -0.349. The highest BCUT2D eigenvalue weighted by Crippen LogP contribution is 2.12.